The maximum absolute atomic E-state index is 10.4. The molecule has 6 heteroatoms. The fourth-order valence-electron chi connectivity index (χ4n) is 0.271. The van der Waals surface area contributed by atoms with Gasteiger partial charge in [0.15, 0.2) is 0 Å². The van der Waals surface area contributed by atoms with Gasteiger partial charge >= 0.3 is 5.97 Å². The molecule has 9 heavy (non-hydrogen) atoms. The van der Waals surface area contributed by atoms with Gasteiger partial charge in [0, 0.05) is 0 Å². The number of hydrogen-bond acceptors (Lipinski definition) is 4. The summed E-state index contributed by atoms with van der Waals surface area (Å²) in [4.78, 5) is 10.4. The number of carbonyl (C=O) groups is 1. The molecule has 0 saturated carbocycles. The molecule has 0 rings (SSSR count). The first-order valence-corrected chi connectivity index (χ1v) is 2.30. The molecule has 0 unspecified atom stereocenters. The highest BCUT2D eigenvalue weighted by molar-refractivity contribution is 6.34. The minimum absolute atomic E-state index is 0.181. The lowest BCUT2D eigenvalue weighted by Gasteiger charge is -1.95. The molecule has 0 amide bonds. The fourth-order valence-corrected chi connectivity index (χ4v) is 0.271. The molecule has 0 atom stereocenters. The Balaban J connectivity index is 3.86. The van der Waals surface area contributed by atoms with Crippen LogP contribution in [-0.2, 0) is 9.53 Å². The van der Waals surface area contributed by atoms with Crippen LogP contribution in [0.2, 0.25) is 0 Å². The van der Waals surface area contributed by atoms with Gasteiger partial charge < -0.3 is 15.8 Å². The van der Waals surface area contributed by atoms with E-state index < -0.39 is 5.97 Å². The summed E-state index contributed by atoms with van der Waals surface area (Å²) in [6.45, 7) is 0. The number of esters is 1. The SMILES string of the molecule is BN/N=C(\N)C(=O)OC. The Morgan fingerprint density at radius 2 is 2.44 bits per heavy atom. The standard InChI is InChI=1S/C3H8BN3O2/c1-9-3(8)2(5)6-7-4/h7H,4H2,1H3,(H2,5,6). The van der Waals surface area contributed by atoms with Crippen molar-refractivity contribution in [1.29, 1.82) is 0 Å². The summed E-state index contributed by atoms with van der Waals surface area (Å²) in [6, 6.07) is 0. The molecule has 5 nitrogen and oxygen atoms in total. The highest BCUT2D eigenvalue weighted by Gasteiger charge is 2.03. The first-order valence-electron chi connectivity index (χ1n) is 2.30. The first-order chi connectivity index (χ1) is 4.22. The third-order valence-electron chi connectivity index (χ3n) is 0.627. The van der Waals surface area contributed by atoms with Crippen LogP contribution in [0.4, 0.5) is 0 Å². The van der Waals surface area contributed by atoms with Crippen molar-refractivity contribution < 1.29 is 9.53 Å². The Morgan fingerprint density at radius 3 is 2.78 bits per heavy atom. The Kier molecular flexibility index (Phi) is 3.26. The van der Waals surface area contributed by atoms with E-state index in [0.717, 1.165) is 0 Å². The Labute approximate surface area is 53.7 Å². The molecule has 0 aliphatic rings. The van der Waals surface area contributed by atoms with E-state index in [4.69, 9.17) is 5.73 Å². The normalized spacial score (nSPS) is 10.6. The third-order valence-corrected chi connectivity index (χ3v) is 0.627. The van der Waals surface area contributed by atoms with E-state index in [9.17, 15) is 4.79 Å². The maximum Gasteiger partial charge on any atom is 0.375 e. The predicted molar refractivity (Wildman–Crippen MR) is 35.3 cm³/mol. The van der Waals surface area contributed by atoms with Crippen LogP contribution >= 0.6 is 0 Å². The van der Waals surface area contributed by atoms with Crippen molar-refractivity contribution in [2.75, 3.05) is 7.11 Å². The summed E-state index contributed by atoms with van der Waals surface area (Å²) in [7, 11) is 2.77. The average molecular weight is 129 g/mol. The quantitative estimate of drug-likeness (QED) is 0.136. The molecule has 50 valence electrons. The monoisotopic (exact) mass is 129 g/mol. The second-order valence-electron chi connectivity index (χ2n) is 1.21. The third kappa shape index (κ3) is 2.58. The van der Waals surface area contributed by atoms with Crippen LogP contribution in [0.15, 0.2) is 5.10 Å². The summed E-state index contributed by atoms with van der Waals surface area (Å²) in [5.74, 6) is -0.815. The van der Waals surface area contributed by atoms with Crippen LogP contribution < -0.4 is 11.1 Å². The Morgan fingerprint density at radius 1 is 1.89 bits per heavy atom. The van der Waals surface area contributed by atoms with Crippen molar-refractivity contribution >= 4 is 19.8 Å². The van der Waals surface area contributed by atoms with E-state index >= 15 is 0 Å². The zero-order valence-corrected chi connectivity index (χ0v) is 5.34. The molecule has 0 aromatic rings. The van der Waals surface area contributed by atoms with Crippen LogP contribution in [0, 0.1) is 0 Å². The number of amidine groups is 1. The second-order valence-corrected chi connectivity index (χ2v) is 1.21. The first kappa shape index (κ1) is 7.80. The number of nitrogens with zero attached hydrogens (tertiary/aromatic N) is 1. The van der Waals surface area contributed by atoms with E-state index in [1.807, 2.05) is 0 Å². The molecule has 0 bridgehead atoms. The molecular formula is C3H8BN3O2. The van der Waals surface area contributed by atoms with Gasteiger partial charge in [-0.2, -0.15) is 5.10 Å². The van der Waals surface area contributed by atoms with Crippen molar-refractivity contribution in [2.24, 2.45) is 10.8 Å². The van der Waals surface area contributed by atoms with Gasteiger partial charge in [0.05, 0.1) is 7.11 Å². The van der Waals surface area contributed by atoms with Gasteiger partial charge in [0.25, 0.3) is 0 Å². The molecular weight excluding hydrogens is 121 g/mol. The van der Waals surface area contributed by atoms with Gasteiger partial charge in [0.1, 0.15) is 0 Å². The number of methoxy groups -OCH3 is 1. The van der Waals surface area contributed by atoms with Gasteiger partial charge in [0.2, 0.25) is 13.8 Å². The highest BCUT2D eigenvalue weighted by Crippen LogP contribution is 1.70. The molecule has 0 fully saturated rings. The molecule has 3 N–H and O–H groups in total. The average Bonchev–Trinajstić information content (AvgIpc) is 1.87. The minimum Gasteiger partial charge on any atom is -0.463 e. The summed E-state index contributed by atoms with van der Waals surface area (Å²) < 4.78 is 4.23. The lowest BCUT2D eigenvalue weighted by molar-refractivity contribution is -0.132. The largest absolute Gasteiger partial charge is 0.463 e. The number of ether oxygens (including phenoxy) is 1. The van der Waals surface area contributed by atoms with Gasteiger partial charge in [-0.1, -0.05) is 0 Å². The zero-order valence-electron chi connectivity index (χ0n) is 5.34. The summed E-state index contributed by atoms with van der Waals surface area (Å²) in [6.07, 6.45) is 0. The summed E-state index contributed by atoms with van der Waals surface area (Å²) >= 11 is 0. The molecule has 0 spiro atoms. The number of rotatable bonds is 1. The van der Waals surface area contributed by atoms with Crippen LogP contribution in [0.3, 0.4) is 0 Å². The topological polar surface area (TPSA) is 76.7 Å². The van der Waals surface area contributed by atoms with E-state index in [1.54, 1.807) is 0 Å². The van der Waals surface area contributed by atoms with Crippen molar-refractivity contribution in [3.8, 4) is 0 Å². The van der Waals surface area contributed by atoms with E-state index in [2.05, 4.69) is 15.2 Å². The van der Waals surface area contributed by atoms with Crippen molar-refractivity contribution in [2.45, 2.75) is 0 Å². The van der Waals surface area contributed by atoms with Gasteiger partial charge in [-0.3, -0.25) is 0 Å². The summed E-state index contributed by atoms with van der Waals surface area (Å²) in [5.41, 5.74) is 5.05. The molecule has 0 aromatic heterocycles. The zero-order chi connectivity index (χ0) is 7.28. The Bertz CT molecular complexity index is 135. The predicted octanol–water partition coefficient (Wildman–Crippen LogP) is -2.43. The van der Waals surface area contributed by atoms with E-state index in [1.165, 1.54) is 15.1 Å². The number of nitrogens with one attached hydrogen (secondary N) is 1. The van der Waals surface area contributed by atoms with E-state index in [-0.39, 0.29) is 5.84 Å². The molecule has 0 aromatic carbocycles. The second kappa shape index (κ2) is 3.76. The van der Waals surface area contributed by atoms with Gasteiger partial charge in [-0.05, 0) is 0 Å². The van der Waals surface area contributed by atoms with Crippen LogP contribution in [0.25, 0.3) is 0 Å². The number of hydrazone groups is 1. The Hall–Kier alpha value is -1.20. The van der Waals surface area contributed by atoms with Crippen molar-refractivity contribution in [3.63, 3.8) is 0 Å². The van der Waals surface area contributed by atoms with Crippen molar-refractivity contribution in [3.05, 3.63) is 0 Å². The van der Waals surface area contributed by atoms with Gasteiger partial charge in [-0.25, -0.2) is 4.79 Å². The molecule has 0 heterocycles. The van der Waals surface area contributed by atoms with Gasteiger partial charge in [-0.15, -0.1) is 0 Å². The smallest absolute Gasteiger partial charge is 0.375 e. The molecule has 0 saturated heterocycles. The maximum atomic E-state index is 10.4. The highest BCUT2D eigenvalue weighted by atomic mass is 16.5. The van der Waals surface area contributed by atoms with E-state index in [0.29, 0.717) is 0 Å². The molecule has 0 aliphatic heterocycles. The van der Waals surface area contributed by atoms with Crippen LogP contribution in [0.5, 0.6) is 0 Å². The van der Waals surface area contributed by atoms with Crippen LogP contribution in [-0.4, -0.2) is 26.9 Å². The fraction of sp³-hybridized carbons (Fsp3) is 0.333. The number of hydrogen-bond donors (Lipinski definition) is 2. The minimum atomic E-state index is -0.635. The summed E-state index contributed by atoms with van der Waals surface area (Å²) in [5, 5.41) is 5.71. The molecule has 0 aliphatic carbocycles. The van der Waals surface area contributed by atoms with Crippen molar-refractivity contribution in [1.82, 2.24) is 5.34 Å². The van der Waals surface area contributed by atoms with Crippen LogP contribution in [0.1, 0.15) is 0 Å². The molecule has 0 radical (unpaired) electrons. The number of nitrogens with two attached hydrogens (primary N) is 1. The lowest BCUT2D eigenvalue weighted by atomic mass is 10.5. The lowest BCUT2D eigenvalue weighted by Crippen LogP contribution is -2.27. The number of carbonyl (C=O) groups excluding carboxylic acids is 1.